The highest BCUT2D eigenvalue weighted by molar-refractivity contribution is 5.81. The van der Waals surface area contributed by atoms with Crippen LogP contribution in [0.15, 0.2) is 34.9 Å². The first-order chi connectivity index (χ1) is 12.7. The molecule has 2 saturated heterocycles. The normalized spacial score (nSPS) is 21.3. The van der Waals surface area contributed by atoms with Crippen LogP contribution in [0, 0.1) is 6.92 Å². The van der Waals surface area contributed by atoms with Crippen LogP contribution >= 0.6 is 0 Å². The minimum Gasteiger partial charge on any atom is -0.444 e. The summed E-state index contributed by atoms with van der Waals surface area (Å²) in [6, 6.07) is 8.17. The smallest absolute Gasteiger partial charge is 0.251 e. The molecule has 0 saturated carbocycles. The summed E-state index contributed by atoms with van der Waals surface area (Å²) in [4.78, 5) is 21.3. The molecular formula is C20H25N3O3. The number of benzene rings is 1. The number of piperazine rings is 1. The zero-order valence-electron chi connectivity index (χ0n) is 15.2. The zero-order chi connectivity index (χ0) is 17.9. The number of amides is 1. The lowest BCUT2D eigenvalue weighted by Gasteiger charge is -2.35. The van der Waals surface area contributed by atoms with E-state index in [1.165, 1.54) is 5.56 Å². The topological polar surface area (TPSA) is 58.8 Å². The minimum atomic E-state index is -0.214. The molecule has 0 aliphatic carbocycles. The van der Waals surface area contributed by atoms with E-state index >= 15 is 0 Å². The van der Waals surface area contributed by atoms with Crippen molar-refractivity contribution in [3.05, 3.63) is 41.8 Å². The van der Waals surface area contributed by atoms with E-state index in [1.807, 2.05) is 17.0 Å². The van der Waals surface area contributed by atoms with E-state index in [1.54, 1.807) is 6.26 Å². The number of carbonyl (C=O) groups excluding carboxylic acids is 1. The summed E-state index contributed by atoms with van der Waals surface area (Å²) in [5.41, 5.74) is 3.14. The SMILES string of the molecule is Cc1ccc(-c2nc(CN3CCN(C(=O)C4CCCO4)CC3)co2)cc1. The number of hydrogen-bond acceptors (Lipinski definition) is 5. The van der Waals surface area contributed by atoms with Crippen LogP contribution in [0.4, 0.5) is 0 Å². The number of aromatic nitrogens is 1. The molecule has 138 valence electrons. The summed E-state index contributed by atoms with van der Waals surface area (Å²) >= 11 is 0. The first-order valence-electron chi connectivity index (χ1n) is 9.33. The van der Waals surface area contributed by atoms with Gasteiger partial charge in [-0.2, -0.15) is 0 Å². The predicted octanol–water partition coefficient (Wildman–Crippen LogP) is 2.47. The van der Waals surface area contributed by atoms with Gasteiger partial charge >= 0.3 is 0 Å². The first kappa shape index (κ1) is 17.2. The van der Waals surface area contributed by atoms with Crippen molar-refractivity contribution < 1.29 is 13.9 Å². The Balaban J connectivity index is 1.30. The van der Waals surface area contributed by atoms with E-state index in [0.717, 1.165) is 56.8 Å². The maximum atomic E-state index is 12.4. The fraction of sp³-hybridized carbons (Fsp3) is 0.500. The molecule has 0 bridgehead atoms. The van der Waals surface area contributed by atoms with Crippen LogP contribution in [0.2, 0.25) is 0 Å². The van der Waals surface area contributed by atoms with Gasteiger partial charge in [0, 0.05) is 44.9 Å². The van der Waals surface area contributed by atoms with E-state index in [0.29, 0.717) is 12.5 Å². The monoisotopic (exact) mass is 355 g/mol. The summed E-state index contributed by atoms with van der Waals surface area (Å²) in [5, 5.41) is 0. The van der Waals surface area contributed by atoms with Gasteiger partial charge in [-0.1, -0.05) is 17.7 Å². The maximum Gasteiger partial charge on any atom is 0.251 e. The summed E-state index contributed by atoms with van der Waals surface area (Å²) in [6.45, 7) is 6.73. The van der Waals surface area contributed by atoms with Crippen LogP contribution in [0.3, 0.4) is 0 Å². The van der Waals surface area contributed by atoms with Crippen molar-refractivity contribution in [2.45, 2.75) is 32.4 Å². The molecule has 2 aromatic rings. The van der Waals surface area contributed by atoms with Gasteiger partial charge in [0.2, 0.25) is 5.89 Å². The van der Waals surface area contributed by atoms with E-state index in [-0.39, 0.29) is 12.0 Å². The van der Waals surface area contributed by atoms with Gasteiger partial charge in [0.25, 0.3) is 5.91 Å². The van der Waals surface area contributed by atoms with Crippen molar-refractivity contribution in [3.8, 4) is 11.5 Å². The van der Waals surface area contributed by atoms with Gasteiger partial charge in [0.15, 0.2) is 0 Å². The van der Waals surface area contributed by atoms with Crippen LogP contribution in [-0.2, 0) is 16.1 Å². The second-order valence-electron chi connectivity index (χ2n) is 7.11. The van der Waals surface area contributed by atoms with Crippen LogP contribution in [0.1, 0.15) is 24.1 Å². The van der Waals surface area contributed by atoms with Gasteiger partial charge in [0.1, 0.15) is 12.4 Å². The highest BCUT2D eigenvalue weighted by Crippen LogP contribution is 2.20. The Labute approximate surface area is 153 Å². The Morgan fingerprint density at radius 1 is 1.19 bits per heavy atom. The lowest BCUT2D eigenvalue weighted by molar-refractivity contribution is -0.142. The molecular weight excluding hydrogens is 330 g/mol. The largest absolute Gasteiger partial charge is 0.444 e. The summed E-state index contributed by atoms with van der Waals surface area (Å²) < 4.78 is 11.2. The quantitative estimate of drug-likeness (QED) is 0.843. The van der Waals surface area contributed by atoms with Gasteiger partial charge in [0.05, 0.1) is 5.69 Å². The molecule has 4 rings (SSSR count). The average Bonchev–Trinajstić information content (AvgIpc) is 3.35. The molecule has 2 fully saturated rings. The molecule has 0 N–H and O–H groups in total. The number of oxazole rings is 1. The molecule has 6 nitrogen and oxygen atoms in total. The fourth-order valence-corrected chi connectivity index (χ4v) is 3.54. The van der Waals surface area contributed by atoms with Crippen molar-refractivity contribution in [2.75, 3.05) is 32.8 Å². The second-order valence-corrected chi connectivity index (χ2v) is 7.11. The average molecular weight is 355 g/mol. The number of aryl methyl sites for hydroxylation is 1. The van der Waals surface area contributed by atoms with E-state index in [2.05, 4.69) is 28.9 Å². The molecule has 6 heteroatoms. The Hall–Kier alpha value is -2.18. The third kappa shape index (κ3) is 3.81. The van der Waals surface area contributed by atoms with Crippen LogP contribution in [0.25, 0.3) is 11.5 Å². The van der Waals surface area contributed by atoms with Gasteiger partial charge in [-0.15, -0.1) is 0 Å². The highest BCUT2D eigenvalue weighted by atomic mass is 16.5. The Bertz CT molecular complexity index is 742. The predicted molar refractivity (Wildman–Crippen MR) is 97.5 cm³/mol. The van der Waals surface area contributed by atoms with Gasteiger partial charge in [-0.05, 0) is 31.9 Å². The highest BCUT2D eigenvalue weighted by Gasteiger charge is 2.30. The Kier molecular flexibility index (Phi) is 5.04. The third-order valence-corrected chi connectivity index (χ3v) is 5.12. The maximum absolute atomic E-state index is 12.4. The van der Waals surface area contributed by atoms with E-state index in [9.17, 15) is 4.79 Å². The van der Waals surface area contributed by atoms with Crippen molar-refractivity contribution in [1.82, 2.24) is 14.8 Å². The molecule has 3 heterocycles. The molecule has 0 spiro atoms. The summed E-state index contributed by atoms with van der Waals surface area (Å²) in [7, 11) is 0. The number of hydrogen-bond donors (Lipinski definition) is 0. The molecule has 0 radical (unpaired) electrons. The molecule has 26 heavy (non-hydrogen) atoms. The summed E-state index contributed by atoms with van der Waals surface area (Å²) in [6.07, 6.45) is 3.37. The van der Waals surface area contributed by atoms with Gasteiger partial charge in [-0.25, -0.2) is 4.98 Å². The summed E-state index contributed by atoms with van der Waals surface area (Å²) in [5.74, 6) is 0.817. The Morgan fingerprint density at radius 3 is 2.65 bits per heavy atom. The van der Waals surface area contributed by atoms with Gasteiger partial charge in [-0.3, -0.25) is 9.69 Å². The van der Waals surface area contributed by atoms with E-state index in [4.69, 9.17) is 9.15 Å². The lowest BCUT2D eigenvalue weighted by atomic mass is 10.1. The molecule has 1 aromatic heterocycles. The standard InChI is InChI=1S/C20H25N3O3/c1-15-4-6-16(7-5-15)19-21-17(14-26-19)13-22-8-10-23(11-9-22)20(24)18-3-2-12-25-18/h4-7,14,18H,2-3,8-13H2,1H3. The first-order valence-corrected chi connectivity index (χ1v) is 9.33. The third-order valence-electron chi connectivity index (χ3n) is 5.12. The lowest BCUT2D eigenvalue weighted by Crippen LogP contribution is -2.51. The number of nitrogens with zero attached hydrogens (tertiary/aromatic N) is 3. The minimum absolute atomic E-state index is 0.158. The number of ether oxygens (including phenoxy) is 1. The molecule has 1 unspecified atom stereocenters. The van der Waals surface area contributed by atoms with Crippen molar-refractivity contribution in [2.24, 2.45) is 0 Å². The van der Waals surface area contributed by atoms with Crippen molar-refractivity contribution in [3.63, 3.8) is 0 Å². The zero-order valence-corrected chi connectivity index (χ0v) is 15.2. The number of rotatable bonds is 4. The number of carbonyl (C=O) groups is 1. The van der Waals surface area contributed by atoms with Crippen LogP contribution < -0.4 is 0 Å². The second kappa shape index (κ2) is 7.60. The van der Waals surface area contributed by atoms with Crippen molar-refractivity contribution in [1.29, 1.82) is 0 Å². The van der Waals surface area contributed by atoms with Gasteiger partial charge < -0.3 is 14.1 Å². The molecule has 2 aliphatic rings. The van der Waals surface area contributed by atoms with Crippen LogP contribution in [-0.4, -0.2) is 59.6 Å². The Morgan fingerprint density at radius 2 is 1.96 bits per heavy atom. The molecule has 1 amide bonds. The van der Waals surface area contributed by atoms with Crippen LogP contribution in [0.5, 0.6) is 0 Å². The molecule has 1 aromatic carbocycles. The fourth-order valence-electron chi connectivity index (χ4n) is 3.54. The van der Waals surface area contributed by atoms with E-state index < -0.39 is 0 Å². The molecule has 1 atom stereocenters. The van der Waals surface area contributed by atoms with Crippen molar-refractivity contribution >= 4 is 5.91 Å². The molecule has 2 aliphatic heterocycles.